The quantitative estimate of drug-likeness (QED) is 0.778. The Morgan fingerprint density at radius 3 is 2.89 bits per heavy atom. The number of anilines is 1. The molecule has 0 saturated heterocycles. The van der Waals surface area contributed by atoms with Crippen LogP contribution in [0, 0.1) is 0 Å². The summed E-state index contributed by atoms with van der Waals surface area (Å²) < 4.78 is 1.35. The van der Waals surface area contributed by atoms with Crippen LogP contribution in [-0.4, -0.2) is 28.5 Å². The van der Waals surface area contributed by atoms with Crippen molar-refractivity contribution in [1.82, 2.24) is 9.47 Å². The molecule has 1 aromatic heterocycles. The van der Waals surface area contributed by atoms with Crippen LogP contribution in [0.1, 0.15) is 13.3 Å². The largest absolute Gasteiger partial charge is 0.398 e. The summed E-state index contributed by atoms with van der Waals surface area (Å²) in [6, 6.07) is 2.92. The number of nitrogens with two attached hydrogens (primary N) is 1. The average molecular weight is 247 g/mol. The lowest BCUT2D eigenvalue weighted by Crippen LogP contribution is -2.38. The molecule has 96 valence electrons. The number of rotatable bonds is 2. The molecule has 1 amide bonds. The minimum absolute atomic E-state index is 0.0496. The van der Waals surface area contributed by atoms with Gasteiger partial charge in [-0.05, 0) is 19.4 Å². The Labute approximate surface area is 106 Å². The van der Waals surface area contributed by atoms with Crippen LogP contribution < -0.4 is 11.3 Å². The first-order valence-corrected chi connectivity index (χ1v) is 5.95. The van der Waals surface area contributed by atoms with Gasteiger partial charge in [0.25, 0.3) is 5.56 Å². The van der Waals surface area contributed by atoms with E-state index in [9.17, 15) is 9.59 Å². The van der Waals surface area contributed by atoms with E-state index < -0.39 is 0 Å². The number of aromatic nitrogens is 1. The Hall–Kier alpha value is -2.04. The molecule has 1 aromatic rings. The third-order valence-corrected chi connectivity index (χ3v) is 3.10. The Bertz CT molecular complexity index is 545. The minimum atomic E-state index is -0.207. The monoisotopic (exact) mass is 247 g/mol. The Morgan fingerprint density at radius 2 is 2.22 bits per heavy atom. The smallest absolute Gasteiger partial charge is 0.251 e. The van der Waals surface area contributed by atoms with Crippen molar-refractivity contribution in [3.63, 3.8) is 0 Å². The number of carbonyl (C=O) groups excluding carboxylic acids is 1. The lowest BCUT2D eigenvalue weighted by molar-refractivity contribution is -0.131. The fourth-order valence-corrected chi connectivity index (χ4v) is 1.92. The SMILES string of the molecule is CC1=CCN(C(=O)Cn2cc(N)ccc2=O)CC1. The van der Waals surface area contributed by atoms with Gasteiger partial charge >= 0.3 is 0 Å². The molecule has 0 spiro atoms. The first-order chi connectivity index (χ1) is 8.56. The number of nitrogens with zero attached hydrogens (tertiary/aromatic N) is 2. The van der Waals surface area contributed by atoms with Gasteiger partial charge in [-0.1, -0.05) is 11.6 Å². The first kappa shape index (κ1) is 12.4. The van der Waals surface area contributed by atoms with E-state index in [1.165, 1.54) is 28.5 Å². The van der Waals surface area contributed by atoms with Crippen molar-refractivity contribution in [2.24, 2.45) is 0 Å². The average Bonchev–Trinajstić information content (AvgIpc) is 2.34. The van der Waals surface area contributed by atoms with Gasteiger partial charge in [0.2, 0.25) is 5.91 Å². The predicted octanol–water partition coefficient (Wildman–Crippen LogP) is 0.609. The van der Waals surface area contributed by atoms with Crippen molar-refractivity contribution in [3.8, 4) is 0 Å². The molecule has 0 aromatic carbocycles. The zero-order chi connectivity index (χ0) is 13.1. The van der Waals surface area contributed by atoms with E-state index in [0.717, 1.165) is 13.0 Å². The molecule has 2 heterocycles. The van der Waals surface area contributed by atoms with Crippen LogP contribution in [0.2, 0.25) is 0 Å². The fraction of sp³-hybridized carbons (Fsp3) is 0.385. The summed E-state index contributed by atoms with van der Waals surface area (Å²) >= 11 is 0. The molecule has 1 aliphatic rings. The molecular weight excluding hydrogens is 230 g/mol. The maximum Gasteiger partial charge on any atom is 0.251 e. The van der Waals surface area contributed by atoms with Crippen LogP contribution in [0.3, 0.4) is 0 Å². The maximum atomic E-state index is 12.0. The number of amides is 1. The fourth-order valence-electron chi connectivity index (χ4n) is 1.92. The van der Waals surface area contributed by atoms with Crippen LogP contribution >= 0.6 is 0 Å². The Morgan fingerprint density at radius 1 is 1.44 bits per heavy atom. The zero-order valence-electron chi connectivity index (χ0n) is 10.4. The molecule has 5 nitrogen and oxygen atoms in total. The van der Waals surface area contributed by atoms with Crippen LogP contribution in [0.5, 0.6) is 0 Å². The predicted molar refractivity (Wildman–Crippen MR) is 70.1 cm³/mol. The van der Waals surface area contributed by atoms with Crippen molar-refractivity contribution in [2.75, 3.05) is 18.8 Å². The molecule has 1 aliphatic heterocycles. The highest BCUT2D eigenvalue weighted by Gasteiger charge is 2.16. The third-order valence-electron chi connectivity index (χ3n) is 3.10. The molecule has 0 fully saturated rings. The second-order valence-electron chi connectivity index (χ2n) is 4.57. The van der Waals surface area contributed by atoms with Gasteiger partial charge in [0.05, 0.1) is 0 Å². The lowest BCUT2D eigenvalue weighted by Gasteiger charge is -2.25. The summed E-state index contributed by atoms with van der Waals surface area (Å²) in [6.07, 6.45) is 4.45. The summed E-state index contributed by atoms with van der Waals surface area (Å²) in [7, 11) is 0. The first-order valence-electron chi connectivity index (χ1n) is 5.95. The molecule has 0 aliphatic carbocycles. The molecular formula is C13H17N3O2. The normalized spacial score (nSPS) is 15.4. The standard InChI is InChI=1S/C13H17N3O2/c1-10-4-6-15(7-5-10)13(18)9-16-8-11(14)2-3-12(16)17/h2-4,8H,5-7,9,14H2,1H3. The summed E-state index contributed by atoms with van der Waals surface area (Å²) in [6.45, 7) is 3.46. The highest BCUT2D eigenvalue weighted by molar-refractivity contribution is 5.76. The van der Waals surface area contributed by atoms with Crippen molar-refractivity contribution in [3.05, 3.63) is 40.3 Å². The van der Waals surface area contributed by atoms with E-state index in [4.69, 9.17) is 5.73 Å². The maximum absolute atomic E-state index is 12.0. The van der Waals surface area contributed by atoms with E-state index >= 15 is 0 Å². The highest BCUT2D eigenvalue weighted by atomic mass is 16.2. The summed E-state index contributed by atoms with van der Waals surface area (Å²) in [4.78, 5) is 25.4. The number of carbonyl (C=O) groups is 1. The molecule has 0 unspecified atom stereocenters. The summed E-state index contributed by atoms with van der Waals surface area (Å²) in [5.41, 5.74) is 7.19. The van der Waals surface area contributed by atoms with Crippen LogP contribution in [-0.2, 0) is 11.3 Å². The third kappa shape index (κ3) is 2.80. The molecule has 5 heteroatoms. The molecule has 18 heavy (non-hydrogen) atoms. The van der Waals surface area contributed by atoms with Gasteiger partial charge in [-0.2, -0.15) is 0 Å². The molecule has 2 N–H and O–H groups in total. The van der Waals surface area contributed by atoms with E-state index in [1.54, 1.807) is 4.90 Å². The van der Waals surface area contributed by atoms with Crippen molar-refractivity contribution >= 4 is 11.6 Å². The van der Waals surface area contributed by atoms with E-state index in [1.807, 2.05) is 6.08 Å². The summed E-state index contributed by atoms with van der Waals surface area (Å²) in [5.74, 6) is -0.0496. The van der Waals surface area contributed by atoms with Crippen LogP contribution in [0.15, 0.2) is 34.8 Å². The van der Waals surface area contributed by atoms with E-state index in [0.29, 0.717) is 12.2 Å². The molecule has 2 rings (SSSR count). The Kier molecular flexibility index (Phi) is 3.50. The zero-order valence-corrected chi connectivity index (χ0v) is 10.4. The Balaban J connectivity index is 2.08. The van der Waals surface area contributed by atoms with Crippen molar-refractivity contribution < 1.29 is 4.79 Å². The number of hydrogen-bond acceptors (Lipinski definition) is 3. The van der Waals surface area contributed by atoms with Gasteiger partial charge in [0.1, 0.15) is 6.54 Å². The number of pyridine rings is 1. The number of hydrogen-bond donors (Lipinski definition) is 1. The van der Waals surface area contributed by atoms with Gasteiger partial charge in [0.15, 0.2) is 0 Å². The second kappa shape index (κ2) is 5.08. The van der Waals surface area contributed by atoms with Crippen molar-refractivity contribution in [1.29, 1.82) is 0 Å². The highest BCUT2D eigenvalue weighted by Crippen LogP contribution is 2.10. The summed E-state index contributed by atoms with van der Waals surface area (Å²) in [5, 5.41) is 0. The topological polar surface area (TPSA) is 68.3 Å². The van der Waals surface area contributed by atoms with Crippen LogP contribution in [0.25, 0.3) is 0 Å². The van der Waals surface area contributed by atoms with Crippen molar-refractivity contribution in [2.45, 2.75) is 19.9 Å². The molecule has 0 radical (unpaired) electrons. The van der Waals surface area contributed by atoms with E-state index in [-0.39, 0.29) is 18.0 Å². The molecule has 0 saturated carbocycles. The lowest BCUT2D eigenvalue weighted by atomic mass is 10.1. The van der Waals surface area contributed by atoms with Gasteiger partial charge in [0, 0.05) is 31.0 Å². The van der Waals surface area contributed by atoms with Gasteiger partial charge in [-0.3, -0.25) is 9.59 Å². The number of nitrogen functional groups attached to an aromatic ring is 1. The van der Waals surface area contributed by atoms with Gasteiger partial charge in [-0.15, -0.1) is 0 Å². The molecule has 0 atom stereocenters. The van der Waals surface area contributed by atoms with Gasteiger partial charge in [-0.25, -0.2) is 0 Å². The van der Waals surface area contributed by atoms with Crippen LogP contribution in [0.4, 0.5) is 5.69 Å². The minimum Gasteiger partial charge on any atom is -0.398 e. The van der Waals surface area contributed by atoms with E-state index in [2.05, 4.69) is 6.92 Å². The molecule has 0 bridgehead atoms. The second-order valence-corrected chi connectivity index (χ2v) is 4.57. The van der Waals surface area contributed by atoms with Gasteiger partial charge < -0.3 is 15.2 Å².